The number of nitrogens with zero attached hydrogens (tertiary/aromatic N) is 1. The number of aromatic nitrogens is 1. The van der Waals surface area contributed by atoms with Crippen LogP contribution in [0, 0.1) is 0 Å². The van der Waals surface area contributed by atoms with Gasteiger partial charge < -0.3 is 10.6 Å². The van der Waals surface area contributed by atoms with Crippen molar-refractivity contribution in [2.75, 3.05) is 6.54 Å². The first-order valence-corrected chi connectivity index (χ1v) is 7.66. The molecule has 0 saturated carbocycles. The first-order chi connectivity index (χ1) is 9.95. The highest BCUT2D eigenvalue weighted by Crippen LogP contribution is 2.19. The maximum absolute atomic E-state index is 11.7. The summed E-state index contributed by atoms with van der Waals surface area (Å²) in [6.45, 7) is 4.64. The monoisotopic (exact) mass is 310 g/mol. The predicted molar refractivity (Wildman–Crippen MR) is 78.0 cm³/mol. The molecule has 0 bridgehead atoms. The van der Waals surface area contributed by atoms with E-state index in [-0.39, 0.29) is 12.3 Å². The number of hydrogen-bond acceptors (Lipinski definition) is 5. The van der Waals surface area contributed by atoms with Crippen LogP contribution in [0.5, 0.6) is 0 Å². The minimum Gasteiger partial charge on any atom is -0.356 e. The quantitative estimate of drug-likeness (QED) is 0.667. The molecule has 1 atom stereocenters. The Bertz CT molecular complexity index is 555. The van der Waals surface area contributed by atoms with Crippen LogP contribution in [0.25, 0.3) is 0 Å². The van der Waals surface area contributed by atoms with Gasteiger partial charge >= 0.3 is 6.03 Å². The standard InChI is InChI=1S/C13H18N4O3S/c1-7(2)12-15-8(6-21-12)3-4-14-10(18)5-9-11(19)17-13(20)16-9/h6-7,9H,3-5H2,1-2H3,(H,14,18)(H2,16,17,19,20)/t9-/m0/s1. The van der Waals surface area contributed by atoms with Gasteiger partial charge in [-0.2, -0.15) is 0 Å². The van der Waals surface area contributed by atoms with Crippen LogP contribution >= 0.6 is 11.3 Å². The van der Waals surface area contributed by atoms with Gasteiger partial charge in [-0.25, -0.2) is 9.78 Å². The molecule has 1 saturated heterocycles. The van der Waals surface area contributed by atoms with E-state index in [1.165, 1.54) is 0 Å². The van der Waals surface area contributed by atoms with Gasteiger partial charge in [-0.05, 0) is 0 Å². The molecule has 1 aliphatic rings. The number of thiazole rings is 1. The summed E-state index contributed by atoms with van der Waals surface area (Å²) in [6, 6.07) is -1.33. The van der Waals surface area contributed by atoms with Crippen LogP contribution in [-0.4, -0.2) is 35.4 Å². The molecule has 7 nitrogen and oxygen atoms in total. The molecule has 1 aliphatic heterocycles. The number of carbonyl (C=O) groups is 3. The number of rotatable bonds is 6. The van der Waals surface area contributed by atoms with Crippen molar-refractivity contribution in [2.45, 2.75) is 38.6 Å². The number of nitrogens with one attached hydrogen (secondary N) is 3. The molecule has 114 valence electrons. The van der Waals surface area contributed by atoms with Gasteiger partial charge in [-0.3, -0.25) is 14.9 Å². The summed E-state index contributed by atoms with van der Waals surface area (Å²) in [5.41, 5.74) is 0.955. The molecule has 21 heavy (non-hydrogen) atoms. The lowest BCUT2D eigenvalue weighted by Gasteiger charge is -2.07. The number of carbonyl (C=O) groups excluding carboxylic acids is 3. The third-order valence-electron chi connectivity index (χ3n) is 3.01. The SMILES string of the molecule is CC(C)c1nc(CCNC(=O)C[C@@H]2NC(=O)NC2=O)cs1. The molecular formula is C13H18N4O3S. The molecule has 0 spiro atoms. The molecule has 0 aromatic carbocycles. The first kappa shape index (κ1) is 15.4. The van der Waals surface area contributed by atoms with Crippen molar-refractivity contribution < 1.29 is 14.4 Å². The summed E-state index contributed by atoms with van der Waals surface area (Å²) in [6.07, 6.45) is 0.601. The number of hydrogen-bond donors (Lipinski definition) is 3. The Morgan fingerprint density at radius 3 is 2.81 bits per heavy atom. The van der Waals surface area contributed by atoms with Crippen LogP contribution in [0.1, 0.15) is 36.9 Å². The van der Waals surface area contributed by atoms with Crippen LogP contribution in [0.15, 0.2) is 5.38 Å². The van der Waals surface area contributed by atoms with Crippen molar-refractivity contribution in [3.05, 3.63) is 16.1 Å². The van der Waals surface area contributed by atoms with Crippen molar-refractivity contribution in [3.63, 3.8) is 0 Å². The Kier molecular flexibility index (Phi) is 4.89. The van der Waals surface area contributed by atoms with Crippen molar-refractivity contribution in [3.8, 4) is 0 Å². The first-order valence-electron chi connectivity index (χ1n) is 6.78. The zero-order chi connectivity index (χ0) is 15.4. The molecule has 1 fully saturated rings. The van der Waals surface area contributed by atoms with Crippen LogP contribution in [0.3, 0.4) is 0 Å². The van der Waals surface area contributed by atoms with E-state index in [2.05, 4.69) is 34.8 Å². The third-order valence-corrected chi connectivity index (χ3v) is 4.21. The normalized spacial score (nSPS) is 17.8. The maximum Gasteiger partial charge on any atom is 0.322 e. The summed E-state index contributed by atoms with van der Waals surface area (Å²) >= 11 is 1.62. The highest BCUT2D eigenvalue weighted by Gasteiger charge is 2.31. The van der Waals surface area contributed by atoms with E-state index in [4.69, 9.17) is 0 Å². The second-order valence-electron chi connectivity index (χ2n) is 5.15. The molecule has 2 heterocycles. The van der Waals surface area contributed by atoms with Gasteiger partial charge in [-0.1, -0.05) is 13.8 Å². The van der Waals surface area contributed by atoms with Crippen LogP contribution < -0.4 is 16.0 Å². The fourth-order valence-corrected chi connectivity index (χ4v) is 2.76. The van der Waals surface area contributed by atoms with Gasteiger partial charge in [0.1, 0.15) is 6.04 Å². The van der Waals surface area contributed by atoms with E-state index < -0.39 is 18.0 Å². The molecule has 0 unspecified atom stereocenters. The highest BCUT2D eigenvalue weighted by atomic mass is 32.1. The van der Waals surface area contributed by atoms with Crippen LogP contribution in [0.4, 0.5) is 4.79 Å². The Morgan fingerprint density at radius 2 is 2.24 bits per heavy atom. The van der Waals surface area contributed by atoms with E-state index in [1.54, 1.807) is 11.3 Å². The number of urea groups is 1. The largest absolute Gasteiger partial charge is 0.356 e. The van der Waals surface area contributed by atoms with E-state index in [0.29, 0.717) is 18.9 Å². The molecule has 0 radical (unpaired) electrons. The van der Waals surface area contributed by atoms with Gasteiger partial charge in [0.25, 0.3) is 5.91 Å². The number of amides is 4. The maximum atomic E-state index is 11.7. The summed E-state index contributed by atoms with van der Waals surface area (Å²) in [5.74, 6) is -0.323. The summed E-state index contributed by atoms with van der Waals surface area (Å²) in [5, 5.41) is 10.3. The van der Waals surface area contributed by atoms with Crippen molar-refractivity contribution in [1.29, 1.82) is 0 Å². The van der Waals surface area contributed by atoms with Crippen molar-refractivity contribution in [2.24, 2.45) is 0 Å². The van der Waals surface area contributed by atoms with Crippen molar-refractivity contribution >= 4 is 29.2 Å². The predicted octanol–water partition coefficient (Wildman–Crippen LogP) is 0.523. The topological polar surface area (TPSA) is 100 Å². The van der Waals surface area contributed by atoms with Gasteiger partial charge in [0.05, 0.1) is 17.1 Å². The smallest absolute Gasteiger partial charge is 0.322 e. The van der Waals surface area contributed by atoms with Crippen molar-refractivity contribution in [1.82, 2.24) is 20.9 Å². The highest BCUT2D eigenvalue weighted by molar-refractivity contribution is 7.09. The zero-order valence-electron chi connectivity index (χ0n) is 11.9. The molecule has 2 rings (SSSR count). The Balaban J connectivity index is 1.71. The molecule has 0 aliphatic carbocycles. The summed E-state index contributed by atoms with van der Waals surface area (Å²) < 4.78 is 0. The lowest BCUT2D eigenvalue weighted by Crippen LogP contribution is -2.36. The fourth-order valence-electron chi connectivity index (χ4n) is 1.89. The average molecular weight is 310 g/mol. The molecular weight excluding hydrogens is 292 g/mol. The van der Waals surface area contributed by atoms with E-state index >= 15 is 0 Å². The Labute approximate surface area is 126 Å². The average Bonchev–Trinajstić information content (AvgIpc) is 2.97. The van der Waals surface area contributed by atoms with Crippen LogP contribution in [0.2, 0.25) is 0 Å². The molecule has 4 amide bonds. The summed E-state index contributed by atoms with van der Waals surface area (Å²) in [7, 11) is 0. The van der Waals surface area contributed by atoms with Crippen LogP contribution in [-0.2, 0) is 16.0 Å². The number of imide groups is 1. The van der Waals surface area contributed by atoms with Gasteiger partial charge in [0, 0.05) is 24.3 Å². The Morgan fingerprint density at radius 1 is 1.48 bits per heavy atom. The minimum atomic E-state index is -0.774. The van der Waals surface area contributed by atoms with Gasteiger partial charge in [-0.15, -0.1) is 11.3 Å². The van der Waals surface area contributed by atoms with E-state index in [9.17, 15) is 14.4 Å². The second-order valence-corrected chi connectivity index (χ2v) is 6.04. The fraction of sp³-hybridized carbons (Fsp3) is 0.538. The Hall–Kier alpha value is -1.96. The molecule has 1 aromatic rings. The minimum absolute atomic E-state index is 0.0497. The molecule has 3 N–H and O–H groups in total. The molecule has 8 heteroatoms. The zero-order valence-corrected chi connectivity index (χ0v) is 12.8. The van der Waals surface area contributed by atoms with E-state index in [1.807, 2.05) is 5.38 Å². The van der Waals surface area contributed by atoms with Gasteiger partial charge in [0.2, 0.25) is 5.91 Å². The lowest BCUT2D eigenvalue weighted by atomic mass is 10.2. The third kappa shape index (κ3) is 4.25. The second kappa shape index (κ2) is 6.66. The molecule has 1 aromatic heterocycles. The lowest BCUT2D eigenvalue weighted by molar-refractivity contribution is -0.126. The van der Waals surface area contributed by atoms with E-state index in [0.717, 1.165) is 10.7 Å². The van der Waals surface area contributed by atoms with Gasteiger partial charge in [0.15, 0.2) is 0 Å². The summed E-state index contributed by atoms with van der Waals surface area (Å²) in [4.78, 5) is 38.4.